The van der Waals surface area contributed by atoms with E-state index in [9.17, 15) is 0 Å². The first-order chi connectivity index (χ1) is 31.0. The van der Waals surface area contributed by atoms with Crippen molar-refractivity contribution in [2.75, 3.05) is 4.90 Å². The molecule has 0 aliphatic heterocycles. The predicted octanol–water partition coefficient (Wildman–Crippen LogP) is 16.7. The molecule has 0 spiro atoms. The van der Waals surface area contributed by atoms with E-state index >= 15 is 0 Å². The smallest absolute Gasteiger partial charge is 0.0547 e. The van der Waals surface area contributed by atoms with Crippen LogP contribution in [0.25, 0.3) is 82.8 Å². The number of nitrogens with zero attached hydrogens (tertiary/aromatic N) is 2. The summed E-state index contributed by atoms with van der Waals surface area (Å²) in [6, 6.07) is 84.6. The van der Waals surface area contributed by atoms with Crippen molar-refractivity contribution in [3.8, 4) is 50.2 Å². The summed E-state index contributed by atoms with van der Waals surface area (Å²) < 4.78 is 2.47. The van der Waals surface area contributed by atoms with E-state index in [1.807, 2.05) is 0 Å². The Bertz CT molecular complexity index is 3510. The summed E-state index contributed by atoms with van der Waals surface area (Å²) in [7, 11) is 0. The van der Waals surface area contributed by atoms with Crippen molar-refractivity contribution in [1.29, 1.82) is 0 Å². The number of hydrogen-bond acceptors (Lipinski definition) is 1. The molecule has 0 atom stereocenters. The van der Waals surface area contributed by atoms with Crippen molar-refractivity contribution < 1.29 is 0 Å². The van der Waals surface area contributed by atoms with Gasteiger partial charge < -0.3 is 9.47 Å². The molecule has 0 saturated heterocycles. The lowest BCUT2D eigenvalue weighted by Gasteiger charge is -2.26. The van der Waals surface area contributed by atoms with Gasteiger partial charge >= 0.3 is 0 Å². The van der Waals surface area contributed by atoms with Gasteiger partial charge in [-0.3, -0.25) is 0 Å². The number of anilines is 3. The van der Waals surface area contributed by atoms with E-state index in [1.54, 1.807) is 0 Å². The summed E-state index contributed by atoms with van der Waals surface area (Å²) in [5, 5.41) is 5.01. The van der Waals surface area contributed by atoms with E-state index in [2.05, 4.69) is 254 Å². The van der Waals surface area contributed by atoms with Gasteiger partial charge in [0.15, 0.2) is 0 Å². The van der Waals surface area contributed by atoms with Gasteiger partial charge in [-0.15, -0.1) is 0 Å². The first-order valence-corrected chi connectivity index (χ1v) is 21.9. The summed E-state index contributed by atoms with van der Waals surface area (Å²) >= 11 is 0. The van der Waals surface area contributed by atoms with Crippen LogP contribution in [0.1, 0.15) is 25.0 Å². The zero-order valence-electron chi connectivity index (χ0n) is 35.3. The molecule has 0 amide bonds. The van der Waals surface area contributed by atoms with Gasteiger partial charge in [0.1, 0.15) is 0 Å². The molecular formula is C61H44N2. The normalized spacial score (nSPS) is 12.7. The Morgan fingerprint density at radius 3 is 1.75 bits per heavy atom. The summed E-state index contributed by atoms with van der Waals surface area (Å²) in [5.41, 5.74) is 19.5. The van der Waals surface area contributed by atoms with Gasteiger partial charge in [0, 0.05) is 38.9 Å². The maximum absolute atomic E-state index is 2.47. The van der Waals surface area contributed by atoms with Crippen LogP contribution in [0.5, 0.6) is 0 Å². The monoisotopic (exact) mass is 804 g/mol. The molecule has 0 bridgehead atoms. The molecule has 1 aliphatic carbocycles. The van der Waals surface area contributed by atoms with Crippen LogP contribution in [0.3, 0.4) is 0 Å². The molecule has 63 heavy (non-hydrogen) atoms. The number of para-hydroxylation sites is 1. The van der Waals surface area contributed by atoms with Crippen molar-refractivity contribution in [3.63, 3.8) is 0 Å². The van der Waals surface area contributed by atoms with Crippen LogP contribution in [0.4, 0.5) is 17.1 Å². The standard InChI is InChI=1S/C61H44N2/c1-61(2)56-26-10-8-22-53(56)54-38-37-49(40-57(54)61)63-58-27-11-9-23-55(58)60-52(25-14-28-59(60)63)45-19-12-20-48(39-45)62(46-33-29-42(30-34-46)41-15-4-3-5-16-41)47-35-31-44(32-36-47)51-24-13-18-43-17-6-7-21-50(43)51/h3-40H,1-2H3. The molecule has 10 aromatic carbocycles. The first-order valence-electron chi connectivity index (χ1n) is 21.9. The highest BCUT2D eigenvalue weighted by molar-refractivity contribution is 6.16. The fourth-order valence-electron chi connectivity index (χ4n) is 10.3. The van der Waals surface area contributed by atoms with Gasteiger partial charge in [0.2, 0.25) is 0 Å². The Morgan fingerprint density at radius 1 is 0.349 bits per heavy atom. The third-order valence-electron chi connectivity index (χ3n) is 13.4. The van der Waals surface area contributed by atoms with E-state index in [0.717, 1.165) is 17.1 Å². The van der Waals surface area contributed by atoms with Gasteiger partial charge in [-0.25, -0.2) is 0 Å². The Hall–Kier alpha value is -7.94. The largest absolute Gasteiger partial charge is 0.310 e. The molecular weight excluding hydrogens is 761 g/mol. The minimum atomic E-state index is -0.0870. The van der Waals surface area contributed by atoms with Gasteiger partial charge in [-0.2, -0.15) is 0 Å². The Kier molecular flexibility index (Phi) is 8.55. The Balaban J connectivity index is 0.992. The van der Waals surface area contributed by atoms with Gasteiger partial charge in [-0.05, 0) is 127 Å². The van der Waals surface area contributed by atoms with E-state index in [-0.39, 0.29) is 5.41 Å². The highest BCUT2D eigenvalue weighted by atomic mass is 15.1. The minimum absolute atomic E-state index is 0.0870. The van der Waals surface area contributed by atoms with Crippen molar-refractivity contribution >= 4 is 49.6 Å². The molecule has 11 aromatic rings. The fraction of sp³-hybridized carbons (Fsp3) is 0.0492. The van der Waals surface area contributed by atoms with Crippen molar-refractivity contribution in [2.45, 2.75) is 19.3 Å². The lowest BCUT2D eigenvalue weighted by Crippen LogP contribution is -2.15. The second kappa shape index (κ2) is 14.6. The first kappa shape index (κ1) is 36.9. The highest BCUT2D eigenvalue weighted by Gasteiger charge is 2.35. The zero-order chi connectivity index (χ0) is 42.1. The topological polar surface area (TPSA) is 8.17 Å². The minimum Gasteiger partial charge on any atom is -0.310 e. The number of hydrogen-bond donors (Lipinski definition) is 0. The molecule has 0 N–H and O–H groups in total. The average molecular weight is 805 g/mol. The van der Waals surface area contributed by atoms with Crippen LogP contribution in [-0.4, -0.2) is 4.57 Å². The van der Waals surface area contributed by atoms with Crippen LogP contribution in [0.15, 0.2) is 231 Å². The van der Waals surface area contributed by atoms with E-state index in [1.165, 1.54) is 93.9 Å². The molecule has 1 aliphatic rings. The summed E-state index contributed by atoms with van der Waals surface area (Å²) in [6.45, 7) is 4.72. The summed E-state index contributed by atoms with van der Waals surface area (Å²) in [5.74, 6) is 0. The molecule has 1 aromatic heterocycles. The fourth-order valence-corrected chi connectivity index (χ4v) is 10.3. The highest BCUT2D eigenvalue weighted by Crippen LogP contribution is 2.50. The Morgan fingerprint density at radius 2 is 0.921 bits per heavy atom. The second-order valence-corrected chi connectivity index (χ2v) is 17.3. The third-order valence-corrected chi connectivity index (χ3v) is 13.4. The molecule has 2 heteroatoms. The molecule has 2 nitrogen and oxygen atoms in total. The molecule has 0 fully saturated rings. The predicted molar refractivity (Wildman–Crippen MR) is 267 cm³/mol. The lowest BCUT2D eigenvalue weighted by atomic mass is 9.82. The van der Waals surface area contributed by atoms with Crippen molar-refractivity contribution in [2.24, 2.45) is 0 Å². The SMILES string of the molecule is CC1(C)c2ccccc2-c2ccc(-n3c4ccccc4c4c(-c5cccc(N(c6ccc(-c7ccccc7)cc6)c6ccc(-c7cccc8ccccc78)cc6)c5)cccc43)cc21. The molecule has 1 heterocycles. The summed E-state index contributed by atoms with van der Waals surface area (Å²) in [4.78, 5) is 2.39. The lowest BCUT2D eigenvalue weighted by molar-refractivity contribution is 0.660. The summed E-state index contributed by atoms with van der Waals surface area (Å²) in [6.07, 6.45) is 0. The maximum Gasteiger partial charge on any atom is 0.0547 e. The van der Waals surface area contributed by atoms with Gasteiger partial charge in [-0.1, -0.05) is 184 Å². The van der Waals surface area contributed by atoms with Crippen LogP contribution in [0.2, 0.25) is 0 Å². The van der Waals surface area contributed by atoms with Crippen LogP contribution in [0, 0.1) is 0 Å². The average Bonchev–Trinajstić information content (AvgIpc) is 3.80. The number of aromatic nitrogens is 1. The van der Waals surface area contributed by atoms with Crippen LogP contribution in [-0.2, 0) is 5.41 Å². The molecule has 298 valence electrons. The maximum atomic E-state index is 2.47. The number of benzene rings is 10. The second-order valence-electron chi connectivity index (χ2n) is 17.3. The molecule has 12 rings (SSSR count). The van der Waals surface area contributed by atoms with Crippen molar-refractivity contribution in [3.05, 3.63) is 242 Å². The van der Waals surface area contributed by atoms with Gasteiger partial charge in [0.05, 0.1) is 11.0 Å². The molecule has 0 saturated carbocycles. The number of fused-ring (bicyclic) bond motifs is 7. The van der Waals surface area contributed by atoms with Gasteiger partial charge in [0.25, 0.3) is 0 Å². The molecule has 0 unspecified atom stereocenters. The zero-order valence-corrected chi connectivity index (χ0v) is 35.3. The number of rotatable bonds is 7. The van der Waals surface area contributed by atoms with Crippen LogP contribution >= 0.6 is 0 Å². The van der Waals surface area contributed by atoms with Crippen LogP contribution < -0.4 is 4.90 Å². The van der Waals surface area contributed by atoms with E-state index in [4.69, 9.17) is 0 Å². The molecule has 0 radical (unpaired) electrons. The van der Waals surface area contributed by atoms with Crippen molar-refractivity contribution in [1.82, 2.24) is 4.57 Å². The quantitative estimate of drug-likeness (QED) is 0.156. The Labute approximate surface area is 368 Å². The van der Waals surface area contributed by atoms with E-state index in [0.29, 0.717) is 0 Å². The third kappa shape index (κ3) is 6.02. The van der Waals surface area contributed by atoms with E-state index < -0.39 is 0 Å².